The number of hydrogen-bond acceptors (Lipinski definition) is 1. The molecule has 2 radical (unpaired) electrons. The van der Waals surface area contributed by atoms with Crippen LogP contribution in [0.15, 0.2) is 0 Å². The zero-order chi connectivity index (χ0) is 2.00. The van der Waals surface area contributed by atoms with E-state index in [0.29, 0.717) is 0 Å². The third-order valence-electron chi connectivity index (χ3n) is 0. The first kappa shape index (κ1) is 16.2. The van der Waals surface area contributed by atoms with Crippen molar-refractivity contribution in [3.8, 4) is 0 Å². The molecule has 0 aromatic rings. The number of rotatable bonds is 0. The van der Waals surface area contributed by atoms with Crippen LogP contribution in [-0.4, -0.2) is 12.2 Å². The second-order valence-electron chi connectivity index (χ2n) is 0. The zero-order valence-corrected chi connectivity index (χ0v) is 9.85. The molecule has 1 nitrogen and oxygen atoms in total. The Balaban J connectivity index is -0.00000000500. The zero-order valence-electron chi connectivity index (χ0n) is 2.60. The van der Waals surface area contributed by atoms with Crippen LogP contribution in [0.4, 0.5) is 0 Å². The van der Waals surface area contributed by atoms with Crippen LogP contribution in [-0.2, 0) is 0 Å². The van der Waals surface area contributed by atoms with Gasteiger partial charge in [-0.2, -0.15) is 0 Å². The van der Waals surface area contributed by atoms with E-state index in [1.807, 2.05) is 0 Å². The smallest absolute Gasteiger partial charge is 0.0319 e. The molecule has 3 heteroatoms. The molecule has 20 valence electrons. The number of aliphatic hydroxyl groups is 1. The van der Waals surface area contributed by atoms with Crippen molar-refractivity contribution in [2.24, 2.45) is 0 Å². The fourth-order valence-corrected chi connectivity index (χ4v) is 0. The van der Waals surface area contributed by atoms with E-state index in [0.717, 1.165) is 7.11 Å². The molecule has 0 aliphatic carbocycles. The maximum Gasteiger partial charge on any atom is 0.0319 e. The summed E-state index contributed by atoms with van der Waals surface area (Å²) in [6, 6.07) is 0. The maximum absolute atomic E-state index is 7.00. The molecule has 0 heterocycles. The van der Waals surface area contributed by atoms with Crippen LogP contribution in [0.25, 0.3) is 0 Å². The van der Waals surface area contributed by atoms with Crippen molar-refractivity contribution in [3.63, 3.8) is 0 Å². The Bertz CT molecular complexity index is 6.00. The van der Waals surface area contributed by atoms with Crippen molar-refractivity contribution in [1.82, 2.24) is 0 Å². The Morgan fingerprint density at radius 2 is 1.00 bits per heavy atom. The van der Waals surface area contributed by atoms with E-state index < -0.39 is 0 Å². The van der Waals surface area contributed by atoms with Crippen molar-refractivity contribution >= 4 is 0 Å². The van der Waals surface area contributed by atoms with Gasteiger partial charge < -0.3 is 5.11 Å². The van der Waals surface area contributed by atoms with Crippen LogP contribution >= 0.6 is 0 Å². The first-order valence-corrected chi connectivity index (χ1v) is 0.447. The van der Waals surface area contributed by atoms with Gasteiger partial charge in [-0.05, 0) is 0 Å². The van der Waals surface area contributed by atoms with Crippen LogP contribution < -0.4 is 0 Å². The van der Waals surface area contributed by atoms with Crippen molar-refractivity contribution in [1.29, 1.82) is 0 Å². The van der Waals surface area contributed by atoms with E-state index in [1.165, 1.54) is 0 Å². The minimum absolute atomic E-state index is 0. The van der Waals surface area contributed by atoms with Crippen LogP contribution in [0.3, 0.4) is 0 Å². The monoisotopic (exact) mass is 310 g/mol. The van der Waals surface area contributed by atoms with Crippen LogP contribution in [0, 0.1) is 71.2 Å². The fourth-order valence-electron chi connectivity index (χ4n) is 0. The summed E-state index contributed by atoms with van der Waals surface area (Å²) in [5.74, 6) is 0. The standard InChI is InChI=1S/CH4O.2La/c1-2;;/h2H,1H3;;. The summed E-state index contributed by atoms with van der Waals surface area (Å²) in [6.07, 6.45) is 0. The SMILES string of the molecule is CO.[La].[La]. The predicted octanol–water partition coefficient (Wildman–Crippen LogP) is -0.392. The molecule has 0 amide bonds. The average molecular weight is 310 g/mol. The molecule has 0 aliphatic heterocycles. The molecule has 0 bridgehead atoms. The van der Waals surface area contributed by atoms with Crippen molar-refractivity contribution in [2.45, 2.75) is 0 Å². The Morgan fingerprint density at radius 3 is 1.00 bits per heavy atom. The van der Waals surface area contributed by atoms with E-state index in [-0.39, 0.29) is 71.2 Å². The number of aliphatic hydroxyl groups excluding tert-OH is 1. The van der Waals surface area contributed by atoms with Crippen molar-refractivity contribution in [3.05, 3.63) is 0 Å². The second kappa shape index (κ2) is 18.3. The normalized spacial score (nSPS) is 1.50. The summed E-state index contributed by atoms with van der Waals surface area (Å²) in [7, 11) is 1.00. The molecular formula is CH4La2O. The van der Waals surface area contributed by atoms with Gasteiger partial charge in [0.05, 0.1) is 0 Å². The molecule has 0 saturated heterocycles. The summed E-state index contributed by atoms with van der Waals surface area (Å²) < 4.78 is 0. The maximum atomic E-state index is 7.00. The fraction of sp³-hybridized carbons (Fsp3) is 1.00. The minimum atomic E-state index is 0. The summed E-state index contributed by atoms with van der Waals surface area (Å²) in [5.41, 5.74) is 0. The first-order chi connectivity index (χ1) is 1.00. The summed E-state index contributed by atoms with van der Waals surface area (Å²) in [5, 5.41) is 7.00. The topological polar surface area (TPSA) is 20.2 Å². The summed E-state index contributed by atoms with van der Waals surface area (Å²) in [4.78, 5) is 0. The first-order valence-electron chi connectivity index (χ1n) is 0.447. The molecule has 0 rings (SSSR count). The molecule has 0 aromatic heterocycles. The van der Waals surface area contributed by atoms with Gasteiger partial charge >= 0.3 is 0 Å². The van der Waals surface area contributed by atoms with Gasteiger partial charge in [0.25, 0.3) is 0 Å². The largest absolute Gasteiger partial charge is 0.400 e. The van der Waals surface area contributed by atoms with Gasteiger partial charge in [0.1, 0.15) is 0 Å². The van der Waals surface area contributed by atoms with Gasteiger partial charge in [-0.25, -0.2) is 0 Å². The van der Waals surface area contributed by atoms with Crippen molar-refractivity contribution < 1.29 is 76.3 Å². The Morgan fingerprint density at radius 1 is 1.00 bits per heavy atom. The third-order valence-corrected chi connectivity index (χ3v) is 0. The van der Waals surface area contributed by atoms with Gasteiger partial charge in [-0.15, -0.1) is 0 Å². The number of hydrogen-bond donors (Lipinski definition) is 1. The van der Waals surface area contributed by atoms with Gasteiger partial charge in [-0.3, -0.25) is 0 Å². The van der Waals surface area contributed by atoms with Gasteiger partial charge in [-0.1, -0.05) is 0 Å². The molecule has 0 fully saturated rings. The second-order valence-corrected chi connectivity index (χ2v) is 0. The molecule has 0 aromatic carbocycles. The predicted molar refractivity (Wildman–Crippen MR) is 8.14 cm³/mol. The summed E-state index contributed by atoms with van der Waals surface area (Å²) >= 11 is 0. The molecule has 4 heavy (non-hydrogen) atoms. The van der Waals surface area contributed by atoms with Gasteiger partial charge in [0.2, 0.25) is 0 Å². The third kappa shape index (κ3) is 8.84. The van der Waals surface area contributed by atoms with E-state index in [1.54, 1.807) is 0 Å². The van der Waals surface area contributed by atoms with Crippen LogP contribution in [0.5, 0.6) is 0 Å². The Labute approximate surface area is 81.7 Å². The van der Waals surface area contributed by atoms with Gasteiger partial charge in [0, 0.05) is 78.3 Å². The quantitative estimate of drug-likeness (QED) is 0.646. The molecule has 0 saturated carbocycles. The average Bonchev–Trinajstić information content (AvgIpc) is 1.00. The molecule has 0 unspecified atom stereocenters. The van der Waals surface area contributed by atoms with Gasteiger partial charge in [0.15, 0.2) is 0 Å². The van der Waals surface area contributed by atoms with E-state index >= 15 is 0 Å². The van der Waals surface area contributed by atoms with Crippen molar-refractivity contribution in [2.75, 3.05) is 7.11 Å². The minimum Gasteiger partial charge on any atom is -0.400 e. The van der Waals surface area contributed by atoms with Crippen LogP contribution in [0.1, 0.15) is 0 Å². The molecule has 0 spiro atoms. The molecule has 0 atom stereocenters. The van der Waals surface area contributed by atoms with E-state index in [9.17, 15) is 0 Å². The molecule has 0 aliphatic rings. The summed E-state index contributed by atoms with van der Waals surface area (Å²) in [6.45, 7) is 0. The Hall–Kier alpha value is 2.35. The van der Waals surface area contributed by atoms with E-state index in [4.69, 9.17) is 5.11 Å². The van der Waals surface area contributed by atoms with E-state index in [2.05, 4.69) is 0 Å². The molecule has 1 N–H and O–H groups in total. The van der Waals surface area contributed by atoms with Crippen LogP contribution in [0.2, 0.25) is 0 Å². The molecular weight excluding hydrogens is 306 g/mol. The Kier molecular flexibility index (Phi) is 74.2.